The first-order chi connectivity index (χ1) is 12.4. The van der Waals surface area contributed by atoms with Crippen LogP contribution in [0.1, 0.15) is 23.2 Å². The van der Waals surface area contributed by atoms with Gasteiger partial charge < -0.3 is 10.3 Å². The van der Waals surface area contributed by atoms with Gasteiger partial charge in [-0.25, -0.2) is 0 Å². The Hall–Kier alpha value is -2.76. The monoisotopic (exact) mass is 358 g/mol. The Kier molecular flexibility index (Phi) is 3.98. The average molecular weight is 358 g/mol. The third-order valence-corrected chi connectivity index (χ3v) is 4.96. The van der Waals surface area contributed by atoms with Gasteiger partial charge in [-0.05, 0) is 43.0 Å². The molecule has 1 atom stereocenters. The second-order valence-corrected chi connectivity index (χ2v) is 6.60. The van der Waals surface area contributed by atoms with Crippen LogP contribution in [0.2, 0.25) is 0 Å². The molecule has 0 radical (unpaired) electrons. The summed E-state index contributed by atoms with van der Waals surface area (Å²) in [6.45, 7) is 0. The molecule has 2 aromatic carbocycles. The van der Waals surface area contributed by atoms with Crippen molar-refractivity contribution in [2.45, 2.75) is 25.4 Å². The SMILES string of the molecule is O=C(Nc1ccccc1C(F)(F)F)C1CCc2[nH]c3ccccc3c2C1. The zero-order valence-electron chi connectivity index (χ0n) is 13.9. The molecule has 1 aliphatic rings. The summed E-state index contributed by atoms with van der Waals surface area (Å²) < 4.78 is 39.3. The number of nitrogens with one attached hydrogen (secondary N) is 2. The Morgan fingerprint density at radius 2 is 1.81 bits per heavy atom. The molecule has 0 spiro atoms. The summed E-state index contributed by atoms with van der Waals surface area (Å²) in [5.41, 5.74) is 2.23. The van der Waals surface area contributed by atoms with E-state index in [4.69, 9.17) is 0 Å². The maximum Gasteiger partial charge on any atom is 0.418 e. The predicted molar refractivity (Wildman–Crippen MR) is 93.9 cm³/mol. The van der Waals surface area contributed by atoms with Gasteiger partial charge in [0.15, 0.2) is 0 Å². The van der Waals surface area contributed by atoms with Crippen LogP contribution in [0.5, 0.6) is 0 Å². The number of benzene rings is 2. The van der Waals surface area contributed by atoms with Crippen molar-refractivity contribution in [1.82, 2.24) is 4.98 Å². The molecule has 3 nitrogen and oxygen atoms in total. The molecule has 4 rings (SSSR count). The standard InChI is InChI=1S/C20H17F3N2O/c21-20(22,23)15-6-2-4-8-18(15)25-19(26)12-9-10-17-14(11-12)13-5-1-3-7-16(13)24-17/h1-8,12,24H,9-11H2,(H,25,26). The maximum absolute atomic E-state index is 13.1. The predicted octanol–water partition coefficient (Wildman–Crippen LogP) is 4.93. The van der Waals surface area contributed by atoms with Gasteiger partial charge in [0.05, 0.1) is 11.3 Å². The fourth-order valence-corrected chi connectivity index (χ4v) is 3.67. The number of aromatic amines is 1. The smallest absolute Gasteiger partial charge is 0.358 e. The van der Waals surface area contributed by atoms with Crippen molar-refractivity contribution in [3.8, 4) is 0 Å². The molecule has 0 aliphatic heterocycles. The Balaban J connectivity index is 1.58. The summed E-state index contributed by atoms with van der Waals surface area (Å²) in [5.74, 6) is -0.708. The quantitative estimate of drug-likeness (QED) is 0.670. The van der Waals surface area contributed by atoms with E-state index in [1.54, 1.807) is 0 Å². The van der Waals surface area contributed by atoms with Crippen LogP contribution in [0.15, 0.2) is 48.5 Å². The molecule has 1 aliphatic carbocycles. The fourth-order valence-electron chi connectivity index (χ4n) is 3.67. The largest absolute Gasteiger partial charge is 0.418 e. The molecule has 0 saturated carbocycles. The molecular formula is C20H17F3N2O. The van der Waals surface area contributed by atoms with Crippen LogP contribution in [-0.4, -0.2) is 10.9 Å². The van der Waals surface area contributed by atoms with Crippen molar-refractivity contribution in [2.75, 3.05) is 5.32 Å². The molecule has 3 aromatic rings. The number of rotatable bonds is 2. The van der Waals surface area contributed by atoms with Crippen LogP contribution >= 0.6 is 0 Å². The number of hydrogen-bond donors (Lipinski definition) is 2. The topological polar surface area (TPSA) is 44.9 Å². The number of halogens is 3. The lowest BCUT2D eigenvalue weighted by atomic mass is 9.85. The highest BCUT2D eigenvalue weighted by Gasteiger charge is 2.34. The van der Waals surface area contributed by atoms with Gasteiger partial charge in [-0.2, -0.15) is 13.2 Å². The van der Waals surface area contributed by atoms with Gasteiger partial charge in [0.1, 0.15) is 0 Å². The molecule has 6 heteroatoms. The molecule has 1 unspecified atom stereocenters. The number of hydrogen-bond acceptors (Lipinski definition) is 1. The number of H-pyrrole nitrogens is 1. The van der Waals surface area contributed by atoms with Crippen LogP contribution in [0.4, 0.5) is 18.9 Å². The van der Waals surface area contributed by atoms with E-state index in [0.29, 0.717) is 19.3 Å². The minimum atomic E-state index is -4.50. The van der Waals surface area contributed by atoms with Gasteiger partial charge >= 0.3 is 6.18 Å². The van der Waals surface area contributed by atoms with Gasteiger partial charge in [-0.3, -0.25) is 4.79 Å². The second kappa shape index (κ2) is 6.20. The lowest BCUT2D eigenvalue weighted by Crippen LogP contribution is -2.28. The molecule has 2 N–H and O–H groups in total. The van der Waals surface area contributed by atoms with Gasteiger partial charge in [-0.15, -0.1) is 0 Å². The van der Waals surface area contributed by atoms with Crippen LogP contribution in [0.25, 0.3) is 10.9 Å². The maximum atomic E-state index is 13.1. The number of aromatic nitrogens is 1. The minimum Gasteiger partial charge on any atom is -0.358 e. The molecule has 134 valence electrons. The highest BCUT2D eigenvalue weighted by atomic mass is 19.4. The molecule has 0 fully saturated rings. The van der Waals surface area contributed by atoms with Gasteiger partial charge in [0.2, 0.25) is 5.91 Å². The fraction of sp³-hybridized carbons (Fsp3) is 0.250. The minimum absolute atomic E-state index is 0.185. The Morgan fingerprint density at radius 1 is 1.08 bits per heavy atom. The van der Waals surface area contributed by atoms with Gasteiger partial charge in [-0.1, -0.05) is 30.3 Å². The number of aryl methyl sites for hydroxylation is 1. The van der Waals surface area contributed by atoms with Crippen molar-refractivity contribution < 1.29 is 18.0 Å². The third kappa shape index (κ3) is 2.96. The first-order valence-corrected chi connectivity index (χ1v) is 8.49. The van der Waals surface area contributed by atoms with E-state index in [0.717, 1.165) is 28.2 Å². The van der Waals surface area contributed by atoms with E-state index in [9.17, 15) is 18.0 Å². The highest BCUT2D eigenvalue weighted by molar-refractivity contribution is 5.94. The second-order valence-electron chi connectivity index (χ2n) is 6.60. The van der Waals surface area contributed by atoms with Crippen LogP contribution in [0.3, 0.4) is 0 Å². The molecule has 1 amide bonds. The lowest BCUT2D eigenvalue weighted by Gasteiger charge is -2.23. The van der Waals surface area contributed by atoms with Gasteiger partial charge in [0, 0.05) is 22.5 Å². The lowest BCUT2D eigenvalue weighted by molar-refractivity contribution is -0.137. The van der Waals surface area contributed by atoms with E-state index in [-0.39, 0.29) is 17.5 Å². The van der Waals surface area contributed by atoms with Crippen molar-refractivity contribution in [1.29, 1.82) is 0 Å². The number of amides is 1. The number of alkyl halides is 3. The molecule has 1 heterocycles. The molecule has 26 heavy (non-hydrogen) atoms. The summed E-state index contributed by atoms with van der Waals surface area (Å²) in [7, 11) is 0. The summed E-state index contributed by atoms with van der Waals surface area (Å²) >= 11 is 0. The summed E-state index contributed by atoms with van der Waals surface area (Å²) in [6, 6.07) is 13.0. The normalized spacial score (nSPS) is 17.1. The van der Waals surface area contributed by atoms with E-state index in [1.165, 1.54) is 18.2 Å². The number of carbonyl (C=O) groups excluding carboxylic acids is 1. The third-order valence-electron chi connectivity index (χ3n) is 4.96. The van der Waals surface area contributed by atoms with E-state index in [2.05, 4.69) is 10.3 Å². The number of anilines is 1. The van der Waals surface area contributed by atoms with E-state index >= 15 is 0 Å². The average Bonchev–Trinajstić information content (AvgIpc) is 2.99. The van der Waals surface area contributed by atoms with Crippen LogP contribution in [-0.2, 0) is 23.8 Å². The van der Waals surface area contributed by atoms with Gasteiger partial charge in [0.25, 0.3) is 0 Å². The van der Waals surface area contributed by atoms with E-state index < -0.39 is 11.7 Å². The molecule has 1 aromatic heterocycles. The zero-order valence-corrected chi connectivity index (χ0v) is 13.9. The number of para-hydroxylation sites is 2. The van der Waals surface area contributed by atoms with Crippen molar-refractivity contribution in [3.05, 3.63) is 65.4 Å². The summed E-state index contributed by atoms with van der Waals surface area (Å²) in [4.78, 5) is 16.0. The zero-order chi connectivity index (χ0) is 18.3. The Labute approximate surface area is 148 Å². The van der Waals surface area contributed by atoms with E-state index in [1.807, 2.05) is 24.3 Å². The first-order valence-electron chi connectivity index (χ1n) is 8.49. The molecule has 0 saturated heterocycles. The molecular weight excluding hydrogens is 341 g/mol. The van der Waals surface area contributed by atoms with Crippen molar-refractivity contribution in [2.24, 2.45) is 5.92 Å². The van der Waals surface area contributed by atoms with Crippen molar-refractivity contribution in [3.63, 3.8) is 0 Å². The van der Waals surface area contributed by atoms with Crippen molar-refractivity contribution >= 4 is 22.5 Å². The summed E-state index contributed by atoms with van der Waals surface area (Å²) in [6.07, 6.45) is -2.65. The summed E-state index contributed by atoms with van der Waals surface area (Å²) in [5, 5.41) is 3.57. The first kappa shape index (κ1) is 16.7. The number of carbonyl (C=O) groups is 1. The highest BCUT2D eigenvalue weighted by Crippen LogP contribution is 2.36. The Morgan fingerprint density at radius 3 is 2.62 bits per heavy atom. The van der Waals surface area contributed by atoms with Crippen LogP contribution < -0.4 is 5.32 Å². The van der Waals surface area contributed by atoms with Crippen LogP contribution in [0, 0.1) is 5.92 Å². The molecule has 0 bridgehead atoms. The Bertz CT molecular complexity index is 975. The number of fused-ring (bicyclic) bond motifs is 3.